The maximum Gasteiger partial charge on any atom is 0.229 e. The van der Waals surface area contributed by atoms with Crippen molar-refractivity contribution in [3.05, 3.63) is 42.0 Å². The van der Waals surface area contributed by atoms with E-state index >= 15 is 0 Å². The Morgan fingerprint density at radius 2 is 2.15 bits per heavy atom. The molecule has 1 aliphatic heterocycles. The largest absolute Gasteiger partial charge is 0.356 e. The number of benzene rings is 1. The Morgan fingerprint density at radius 1 is 1.37 bits per heavy atom. The number of para-hydroxylation sites is 1. The lowest BCUT2D eigenvalue weighted by atomic mass is 10.2. The van der Waals surface area contributed by atoms with Crippen LogP contribution in [0, 0.1) is 6.92 Å². The molecule has 1 aromatic carbocycles. The first-order valence-corrected chi connectivity index (χ1v) is 8.77. The molecular weight excluding hydrogens is 459 g/mol. The van der Waals surface area contributed by atoms with Crippen molar-refractivity contribution in [1.29, 1.82) is 0 Å². The monoisotopic (exact) mass is 484 g/mol. The van der Waals surface area contributed by atoms with E-state index in [-0.39, 0.29) is 35.9 Å². The Hall–Kier alpha value is -2.17. The molecule has 0 radical (unpaired) electrons. The molecule has 2 N–H and O–H groups in total. The van der Waals surface area contributed by atoms with E-state index in [2.05, 4.69) is 25.8 Å². The molecule has 27 heavy (non-hydrogen) atoms. The highest BCUT2D eigenvalue weighted by Crippen LogP contribution is 2.20. The molecule has 1 aromatic heterocycles. The summed E-state index contributed by atoms with van der Waals surface area (Å²) in [4.78, 5) is 22.5. The molecule has 3 rings (SSSR count). The van der Waals surface area contributed by atoms with Gasteiger partial charge in [-0.3, -0.25) is 9.79 Å². The zero-order chi connectivity index (χ0) is 18.4. The molecule has 9 heteroatoms. The lowest BCUT2D eigenvalue weighted by Crippen LogP contribution is -2.44. The third kappa shape index (κ3) is 5.91. The van der Waals surface area contributed by atoms with Crippen molar-refractivity contribution in [3.8, 4) is 0 Å². The molecule has 2 heterocycles. The minimum atomic E-state index is 0. The molecule has 146 valence electrons. The zero-order valence-electron chi connectivity index (χ0n) is 15.5. The predicted molar refractivity (Wildman–Crippen MR) is 114 cm³/mol. The fraction of sp³-hybridized carbons (Fsp3) is 0.444. The number of carbonyl (C=O) groups excluding carboxylic acids is 1. The third-order valence-corrected chi connectivity index (χ3v) is 4.19. The van der Waals surface area contributed by atoms with Gasteiger partial charge in [-0.05, 0) is 25.5 Å². The van der Waals surface area contributed by atoms with Crippen LogP contribution >= 0.6 is 24.0 Å². The van der Waals surface area contributed by atoms with Crippen molar-refractivity contribution in [3.63, 3.8) is 0 Å². The van der Waals surface area contributed by atoms with Crippen LogP contribution in [0.3, 0.4) is 0 Å². The summed E-state index contributed by atoms with van der Waals surface area (Å²) in [6.45, 7) is 3.16. The topological polar surface area (TPSA) is 95.6 Å². The van der Waals surface area contributed by atoms with Crippen LogP contribution in [0.15, 0.2) is 39.8 Å². The summed E-state index contributed by atoms with van der Waals surface area (Å²) in [7, 11) is 1.72. The number of anilines is 1. The number of halogens is 1. The van der Waals surface area contributed by atoms with Gasteiger partial charge >= 0.3 is 0 Å². The van der Waals surface area contributed by atoms with Crippen LogP contribution in [-0.2, 0) is 11.2 Å². The number of rotatable bonds is 6. The lowest BCUT2D eigenvalue weighted by Gasteiger charge is -2.19. The van der Waals surface area contributed by atoms with Crippen molar-refractivity contribution in [2.24, 2.45) is 4.99 Å². The van der Waals surface area contributed by atoms with Crippen LogP contribution in [0.25, 0.3) is 0 Å². The van der Waals surface area contributed by atoms with Crippen molar-refractivity contribution >= 4 is 41.5 Å². The number of nitrogens with one attached hydrogen (secondary N) is 2. The molecule has 0 aliphatic carbocycles. The van der Waals surface area contributed by atoms with E-state index in [9.17, 15) is 4.79 Å². The standard InChI is InChI=1S/C18H24N6O2.HI/c1-13-21-16(26-23-13)9-6-10-20-18(19-2)22-14-11-17(25)24(12-14)15-7-4-3-5-8-15;/h3-5,7-8,14H,6,9-12H2,1-2H3,(H2,19,20,22);1H. The van der Waals surface area contributed by atoms with Gasteiger partial charge in [0, 0.05) is 38.7 Å². The number of nitrogens with zero attached hydrogens (tertiary/aromatic N) is 4. The summed E-state index contributed by atoms with van der Waals surface area (Å²) in [6, 6.07) is 9.76. The molecule has 1 atom stereocenters. The summed E-state index contributed by atoms with van der Waals surface area (Å²) >= 11 is 0. The molecule has 0 spiro atoms. The van der Waals surface area contributed by atoms with Crippen LogP contribution in [0.2, 0.25) is 0 Å². The molecule has 1 unspecified atom stereocenters. The van der Waals surface area contributed by atoms with Gasteiger partial charge in [-0.2, -0.15) is 4.98 Å². The van der Waals surface area contributed by atoms with Gasteiger partial charge in [0.25, 0.3) is 0 Å². The molecule has 2 aromatic rings. The van der Waals surface area contributed by atoms with E-state index in [4.69, 9.17) is 4.52 Å². The van der Waals surface area contributed by atoms with Gasteiger partial charge in [0.15, 0.2) is 11.8 Å². The molecule has 1 amide bonds. The first-order chi connectivity index (χ1) is 12.7. The van der Waals surface area contributed by atoms with E-state index in [0.717, 1.165) is 18.7 Å². The van der Waals surface area contributed by atoms with Gasteiger partial charge < -0.3 is 20.1 Å². The summed E-state index contributed by atoms with van der Waals surface area (Å²) < 4.78 is 5.09. The van der Waals surface area contributed by atoms with Crippen molar-refractivity contribution < 1.29 is 9.32 Å². The number of aryl methyl sites for hydroxylation is 2. The molecule has 1 fully saturated rings. The molecule has 1 saturated heterocycles. The Balaban J connectivity index is 0.00000261. The van der Waals surface area contributed by atoms with Crippen molar-refractivity contribution in [1.82, 2.24) is 20.8 Å². The zero-order valence-corrected chi connectivity index (χ0v) is 17.8. The van der Waals surface area contributed by atoms with Crippen molar-refractivity contribution in [2.45, 2.75) is 32.2 Å². The van der Waals surface area contributed by atoms with Gasteiger partial charge in [0.2, 0.25) is 11.8 Å². The van der Waals surface area contributed by atoms with Gasteiger partial charge in [0.05, 0.1) is 6.04 Å². The number of amides is 1. The van der Waals surface area contributed by atoms with Crippen LogP contribution in [-0.4, -0.2) is 48.2 Å². The summed E-state index contributed by atoms with van der Waals surface area (Å²) in [5.74, 6) is 2.11. The van der Waals surface area contributed by atoms with Crippen molar-refractivity contribution in [2.75, 3.05) is 25.0 Å². The fourth-order valence-electron chi connectivity index (χ4n) is 2.94. The third-order valence-electron chi connectivity index (χ3n) is 4.19. The molecule has 0 saturated carbocycles. The second-order valence-electron chi connectivity index (χ2n) is 6.22. The number of guanidine groups is 1. The quantitative estimate of drug-likeness (QED) is 0.282. The number of aliphatic imine (C=N–C) groups is 1. The molecular formula is C18H25IN6O2. The van der Waals surface area contributed by atoms with Crippen LogP contribution in [0.5, 0.6) is 0 Å². The van der Waals surface area contributed by atoms with E-state index in [1.54, 1.807) is 14.0 Å². The minimum absolute atomic E-state index is 0. The van der Waals surface area contributed by atoms with E-state index in [1.165, 1.54) is 0 Å². The predicted octanol–water partition coefficient (Wildman–Crippen LogP) is 1.90. The Kier molecular flexibility index (Phi) is 8.01. The highest BCUT2D eigenvalue weighted by atomic mass is 127. The van der Waals surface area contributed by atoms with Crippen LogP contribution < -0.4 is 15.5 Å². The van der Waals surface area contributed by atoms with E-state index in [0.29, 0.717) is 37.1 Å². The smallest absolute Gasteiger partial charge is 0.229 e. The Bertz CT molecular complexity index is 764. The maximum atomic E-state index is 12.3. The minimum Gasteiger partial charge on any atom is -0.356 e. The number of hydrogen-bond donors (Lipinski definition) is 2. The highest BCUT2D eigenvalue weighted by molar-refractivity contribution is 14.0. The van der Waals surface area contributed by atoms with Gasteiger partial charge in [-0.1, -0.05) is 23.4 Å². The van der Waals surface area contributed by atoms with Gasteiger partial charge in [0.1, 0.15) is 0 Å². The normalized spacial score (nSPS) is 17.0. The maximum absolute atomic E-state index is 12.3. The summed E-state index contributed by atoms with van der Waals surface area (Å²) in [5, 5.41) is 10.4. The first-order valence-electron chi connectivity index (χ1n) is 8.77. The SMILES string of the molecule is CN=C(NCCCc1nc(C)no1)NC1CC(=O)N(c2ccccc2)C1.I. The fourth-order valence-corrected chi connectivity index (χ4v) is 2.94. The number of aromatic nitrogens is 2. The molecule has 8 nitrogen and oxygen atoms in total. The Labute approximate surface area is 175 Å². The summed E-state index contributed by atoms with van der Waals surface area (Å²) in [5.41, 5.74) is 0.930. The highest BCUT2D eigenvalue weighted by Gasteiger charge is 2.30. The lowest BCUT2D eigenvalue weighted by molar-refractivity contribution is -0.117. The second-order valence-corrected chi connectivity index (χ2v) is 6.22. The Morgan fingerprint density at radius 3 is 2.81 bits per heavy atom. The number of hydrogen-bond acceptors (Lipinski definition) is 5. The van der Waals surface area contributed by atoms with Gasteiger partial charge in [-0.25, -0.2) is 0 Å². The van der Waals surface area contributed by atoms with Crippen LogP contribution in [0.4, 0.5) is 5.69 Å². The van der Waals surface area contributed by atoms with Crippen LogP contribution in [0.1, 0.15) is 24.6 Å². The van der Waals surface area contributed by atoms with E-state index in [1.807, 2.05) is 35.2 Å². The second kappa shape index (κ2) is 10.2. The molecule has 1 aliphatic rings. The molecule has 0 bridgehead atoms. The van der Waals surface area contributed by atoms with E-state index < -0.39 is 0 Å². The summed E-state index contributed by atoms with van der Waals surface area (Å²) in [6.07, 6.45) is 2.02. The number of carbonyl (C=O) groups is 1. The first kappa shape index (κ1) is 21.1. The average molecular weight is 484 g/mol. The van der Waals surface area contributed by atoms with Gasteiger partial charge in [-0.15, -0.1) is 24.0 Å². The average Bonchev–Trinajstić information content (AvgIpc) is 3.23.